The van der Waals surface area contributed by atoms with Gasteiger partial charge in [0, 0.05) is 24.1 Å². The molecule has 1 N–H and O–H groups in total. The van der Waals surface area contributed by atoms with Crippen LogP contribution >= 0.6 is 0 Å². The highest BCUT2D eigenvalue weighted by Gasteiger charge is 2.28. The van der Waals surface area contributed by atoms with E-state index >= 15 is 0 Å². The van der Waals surface area contributed by atoms with Crippen LogP contribution in [0.25, 0.3) is 11.1 Å². The zero-order chi connectivity index (χ0) is 15.6. The molecular formula is C18H16N2O3. The van der Waals surface area contributed by atoms with E-state index in [4.69, 9.17) is 8.94 Å². The van der Waals surface area contributed by atoms with Gasteiger partial charge in [-0.3, -0.25) is 4.79 Å². The molecule has 1 aliphatic carbocycles. The predicted octanol–water partition coefficient (Wildman–Crippen LogP) is 3.74. The second kappa shape index (κ2) is 5.76. The Labute approximate surface area is 133 Å². The number of amides is 1. The Morgan fingerprint density at radius 1 is 1.17 bits per heavy atom. The lowest BCUT2D eigenvalue weighted by Gasteiger charge is -2.04. The highest BCUT2D eigenvalue weighted by molar-refractivity contribution is 5.92. The number of carbonyl (C=O) groups is 1. The van der Waals surface area contributed by atoms with Gasteiger partial charge in [-0.1, -0.05) is 29.4 Å². The summed E-state index contributed by atoms with van der Waals surface area (Å²) in [6, 6.07) is 11.6. The van der Waals surface area contributed by atoms with Gasteiger partial charge in [0.2, 0.25) is 0 Å². The smallest absolute Gasteiger partial charge is 0.273 e. The van der Waals surface area contributed by atoms with Crippen molar-refractivity contribution in [1.82, 2.24) is 10.5 Å². The normalized spacial score (nSPS) is 13.9. The lowest BCUT2D eigenvalue weighted by atomic mass is 10.1. The summed E-state index contributed by atoms with van der Waals surface area (Å²) in [5.74, 6) is 1.07. The Hall–Kier alpha value is -2.82. The number of nitrogens with zero attached hydrogens (tertiary/aromatic N) is 1. The molecule has 1 aliphatic rings. The topological polar surface area (TPSA) is 68.3 Å². The van der Waals surface area contributed by atoms with Crippen molar-refractivity contribution in [3.05, 3.63) is 65.9 Å². The van der Waals surface area contributed by atoms with Gasteiger partial charge in [-0.2, -0.15) is 0 Å². The van der Waals surface area contributed by atoms with Crippen molar-refractivity contribution in [2.75, 3.05) is 0 Å². The highest BCUT2D eigenvalue weighted by Crippen LogP contribution is 2.40. The van der Waals surface area contributed by atoms with E-state index in [-0.39, 0.29) is 5.91 Å². The van der Waals surface area contributed by atoms with Crippen LogP contribution in [0.15, 0.2) is 57.9 Å². The fraction of sp³-hybridized carbons (Fsp3) is 0.222. The molecule has 1 amide bonds. The van der Waals surface area contributed by atoms with Crippen LogP contribution in [0, 0.1) is 0 Å². The third kappa shape index (κ3) is 3.04. The number of carbonyl (C=O) groups excluding carboxylic acids is 1. The molecule has 0 aliphatic heterocycles. The molecule has 1 aromatic carbocycles. The Balaban J connectivity index is 1.37. The molecule has 5 heteroatoms. The maximum Gasteiger partial charge on any atom is 0.273 e. The monoisotopic (exact) mass is 308 g/mol. The SMILES string of the molecule is O=C(NCc1ccc(-c2ccoc2)cc1)c1cc(C2CC2)on1. The molecule has 5 nitrogen and oxygen atoms in total. The fourth-order valence-electron chi connectivity index (χ4n) is 2.47. The third-order valence-electron chi connectivity index (χ3n) is 4.00. The van der Waals surface area contributed by atoms with Gasteiger partial charge < -0.3 is 14.3 Å². The number of furan rings is 1. The Morgan fingerprint density at radius 2 is 2.00 bits per heavy atom. The van der Waals surface area contributed by atoms with E-state index in [1.165, 1.54) is 0 Å². The molecule has 0 unspecified atom stereocenters. The number of hydrogen-bond donors (Lipinski definition) is 1. The average molecular weight is 308 g/mol. The number of benzene rings is 1. The van der Waals surface area contributed by atoms with Crippen LogP contribution in [0.3, 0.4) is 0 Å². The van der Waals surface area contributed by atoms with Gasteiger partial charge in [0.1, 0.15) is 5.76 Å². The molecule has 2 aromatic heterocycles. The van der Waals surface area contributed by atoms with Crippen LogP contribution in [0.5, 0.6) is 0 Å². The van der Waals surface area contributed by atoms with E-state index in [2.05, 4.69) is 10.5 Å². The van der Waals surface area contributed by atoms with Crippen LogP contribution < -0.4 is 5.32 Å². The van der Waals surface area contributed by atoms with Crippen LogP contribution in [0.4, 0.5) is 0 Å². The Morgan fingerprint density at radius 3 is 2.70 bits per heavy atom. The minimum atomic E-state index is -0.209. The van der Waals surface area contributed by atoms with Crippen molar-refractivity contribution in [1.29, 1.82) is 0 Å². The summed E-state index contributed by atoms with van der Waals surface area (Å²) in [5.41, 5.74) is 3.49. The molecule has 23 heavy (non-hydrogen) atoms. The molecule has 1 saturated carbocycles. The van der Waals surface area contributed by atoms with Gasteiger partial charge >= 0.3 is 0 Å². The summed E-state index contributed by atoms with van der Waals surface area (Å²) in [6.07, 6.45) is 5.61. The Kier molecular flexibility index (Phi) is 3.46. The van der Waals surface area contributed by atoms with Gasteiger partial charge in [0.25, 0.3) is 5.91 Å². The molecular weight excluding hydrogens is 292 g/mol. The molecule has 0 radical (unpaired) electrons. The quantitative estimate of drug-likeness (QED) is 0.779. The van der Waals surface area contributed by atoms with Crippen molar-refractivity contribution >= 4 is 5.91 Å². The molecule has 1 fully saturated rings. The van der Waals surface area contributed by atoms with Crippen molar-refractivity contribution in [2.45, 2.75) is 25.3 Å². The van der Waals surface area contributed by atoms with Gasteiger partial charge in [-0.15, -0.1) is 0 Å². The van der Waals surface area contributed by atoms with E-state index in [0.29, 0.717) is 18.2 Å². The van der Waals surface area contributed by atoms with Crippen LogP contribution in [0.2, 0.25) is 0 Å². The van der Waals surface area contributed by atoms with Gasteiger partial charge in [-0.05, 0) is 30.0 Å². The van der Waals surface area contributed by atoms with Gasteiger partial charge in [0.05, 0.1) is 12.5 Å². The van der Waals surface area contributed by atoms with E-state index in [1.807, 2.05) is 30.3 Å². The lowest BCUT2D eigenvalue weighted by molar-refractivity contribution is 0.0941. The maximum atomic E-state index is 12.1. The minimum Gasteiger partial charge on any atom is -0.472 e. The number of hydrogen-bond acceptors (Lipinski definition) is 4. The first-order valence-electron chi connectivity index (χ1n) is 7.66. The molecule has 116 valence electrons. The second-order valence-electron chi connectivity index (χ2n) is 5.78. The van der Waals surface area contributed by atoms with E-state index in [9.17, 15) is 4.79 Å². The van der Waals surface area contributed by atoms with Crippen molar-refractivity contribution in [3.8, 4) is 11.1 Å². The number of rotatable bonds is 5. The van der Waals surface area contributed by atoms with E-state index in [0.717, 1.165) is 35.3 Å². The van der Waals surface area contributed by atoms with Crippen molar-refractivity contribution < 1.29 is 13.7 Å². The van der Waals surface area contributed by atoms with Crippen molar-refractivity contribution in [2.24, 2.45) is 0 Å². The minimum absolute atomic E-state index is 0.209. The summed E-state index contributed by atoms with van der Waals surface area (Å²) in [6.45, 7) is 0.454. The highest BCUT2D eigenvalue weighted by atomic mass is 16.5. The number of aromatic nitrogens is 1. The third-order valence-corrected chi connectivity index (χ3v) is 4.00. The predicted molar refractivity (Wildman–Crippen MR) is 83.8 cm³/mol. The second-order valence-corrected chi connectivity index (χ2v) is 5.78. The van der Waals surface area contributed by atoms with Gasteiger partial charge in [0.15, 0.2) is 5.69 Å². The molecule has 0 saturated heterocycles. The molecule has 4 rings (SSSR count). The number of nitrogens with one attached hydrogen (secondary N) is 1. The van der Waals surface area contributed by atoms with E-state index in [1.54, 1.807) is 18.6 Å². The molecule has 3 aromatic rings. The van der Waals surface area contributed by atoms with Crippen molar-refractivity contribution in [3.63, 3.8) is 0 Å². The molecule has 2 heterocycles. The van der Waals surface area contributed by atoms with Crippen LogP contribution in [-0.4, -0.2) is 11.1 Å². The maximum absolute atomic E-state index is 12.1. The standard InChI is InChI=1S/C18H16N2O3/c21-18(16-9-17(23-20-16)14-5-6-14)19-10-12-1-3-13(4-2-12)15-7-8-22-11-15/h1-4,7-9,11,14H,5-6,10H2,(H,19,21). The largest absolute Gasteiger partial charge is 0.472 e. The Bertz CT molecular complexity index is 799. The zero-order valence-electron chi connectivity index (χ0n) is 12.5. The molecule has 0 spiro atoms. The molecule has 0 bridgehead atoms. The fourth-order valence-corrected chi connectivity index (χ4v) is 2.47. The average Bonchev–Trinajstić information content (AvgIpc) is 3.10. The lowest BCUT2D eigenvalue weighted by Crippen LogP contribution is -2.23. The summed E-state index contributed by atoms with van der Waals surface area (Å²) >= 11 is 0. The van der Waals surface area contributed by atoms with Crippen LogP contribution in [-0.2, 0) is 6.54 Å². The first-order valence-corrected chi connectivity index (χ1v) is 7.66. The summed E-state index contributed by atoms with van der Waals surface area (Å²) in [5, 5.41) is 6.70. The first-order chi connectivity index (χ1) is 11.3. The van der Waals surface area contributed by atoms with E-state index < -0.39 is 0 Å². The summed E-state index contributed by atoms with van der Waals surface area (Å²) in [4.78, 5) is 12.1. The first kappa shape index (κ1) is 13.8. The summed E-state index contributed by atoms with van der Waals surface area (Å²) in [7, 11) is 0. The molecule has 0 atom stereocenters. The summed E-state index contributed by atoms with van der Waals surface area (Å²) < 4.78 is 10.3. The zero-order valence-corrected chi connectivity index (χ0v) is 12.5. The van der Waals surface area contributed by atoms with Crippen LogP contribution in [0.1, 0.15) is 40.6 Å². The van der Waals surface area contributed by atoms with Gasteiger partial charge in [-0.25, -0.2) is 0 Å².